The van der Waals surface area contributed by atoms with E-state index in [1.165, 1.54) is 4.70 Å². The molecule has 5 rings (SSSR count). The number of furan rings is 1. The number of piperidine rings is 1. The van der Waals surface area contributed by atoms with Gasteiger partial charge in [0.1, 0.15) is 5.58 Å². The SMILES string of the molecule is COCc1c(C(=O)N2CCC[C@@H](c3nc4ccccc4s3)C2)oc2ccccc12. The van der Waals surface area contributed by atoms with E-state index in [-0.39, 0.29) is 11.8 Å². The van der Waals surface area contributed by atoms with Crippen molar-refractivity contribution in [2.24, 2.45) is 0 Å². The summed E-state index contributed by atoms with van der Waals surface area (Å²) in [5, 5.41) is 2.06. The van der Waals surface area contributed by atoms with Gasteiger partial charge in [-0.1, -0.05) is 30.3 Å². The molecule has 0 radical (unpaired) electrons. The number of fused-ring (bicyclic) bond motifs is 2. The van der Waals surface area contributed by atoms with Crippen LogP contribution in [-0.4, -0.2) is 36.0 Å². The molecule has 5 nitrogen and oxygen atoms in total. The van der Waals surface area contributed by atoms with Crippen LogP contribution >= 0.6 is 11.3 Å². The first-order valence-electron chi connectivity index (χ1n) is 9.88. The maximum absolute atomic E-state index is 13.4. The Morgan fingerprint density at radius 2 is 2.07 bits per heavy atom. The van der Waals surface area contributed by atoms with E-state index in [0.717, 1.165) is 46.4 Å². The van der Waals surface area contributed by atoms with Gasteiger partial charge in [0.15, 0.2) is 5.76 Å². The summed E-state index contributed by atoms with van der Waals surface area (Å²) in [6.45, 7) is 1.76. The Balaban J connectivity index is 1.44. The number of rotatable bonds is 4. The molecule has 0 aliphatic carbocycles. The van der Waals surface area contributed by atoms with Crippen molar-refractivity contribution in [1.82, 2.24) is 9.88 Å². The van der Waals surface area contributed by atoms with Gasteiger partial charge in [-0.2, -0.15) is 0 Å². The monoisotopic (exact) mass is 406 g/mol. The zero-order valence-electron chi connectivity index (χ0n) is 16.3. The van der Waals surface area contributed by atoms with E-state index in [9.17, 15) is 4.79 Å². The number of hydrogen-bond acceptors (Lipinski definition) is 5. The zero-order chi connectivity index (χ0) is 19.8. The lowest BCUT2D eigenvalue weighted by atomic mass is 9.98. The van der Waals surface area contributed by atoms with E-state index in [2.05, 4.69) is 6.07 Å². The molecule has 2 aromatic heterocycles. The van der Waals surface area contributed by atoms with Crippen LogP contribution in [0.3, 0.4) is 0 Å². The highest BCUT2D eigenvalue weighted by Gasteiger charge is 2.31. The maximum Gasteiger partial charge on any atom is 0.290 e. The van der Waals surface area contributed by atoms with Crippen LogP contribution in [0.25, 0.3) is 21.2 Å². The molecule has 2 aromatic carbocycles. The average Bonchev–Trinajstić information content (AvgIpc) is 3.36. The van der Waals surface area contributed by atoms with Gasteiger partial charge in [0, 0.05) is 37.1 Å². The van der Waals surface area contributed by atoms with Crippen LogP contribution < -0.4 is 0 Å². The minimum Gasteiger partial charge on any atom is -0.451 e. The van der Waals surface area contributed by atoms with Gasteiger partial charge in [0.05, 0.1) is 21.8 Å². The standard InChI is InChI=1S/C23H22N2O3S/c1-27-14-17-16-8-2-4-10-19(16)28-21(17)23(26)25-12-6-7-15(13-25)22-24-18-9-3-5-11-20(18)29-22/h2-5,8-11,15H,6-7,12-14H2,1H3/t15-/m1/s1. The number of carbonyl (C=O) groups is 1. The largest absolute Gasteiger partial charge is 0.451 e. The highest BCUT2D eigenvalue weighted by atomic mass is 32.1. The fraction of sp³-hybridized carbons (Fsp3) is 0.304. The van der Waals surface area contributed by atoms with Crippen LogP contribution in [0.2, 0.25) is 0 Å². The Labute approximate surface area is 172 Å². The lowest BCUT2D eigenvalue weighted by Crippen LogP contribution is -2.39. The molecule has 1 aliphatic rings. The molecule has 1 atom stereocenters. The first-order valence-corrected chi connectivity index (χ1v) is 10.7. The molecule has 4 aromatic rings. The lowest BCUT2D eigenvalue weighted by molar-refractivity contribution is 0.0671. The lowest BCUT2D eigenvalue weighted by Gasteiger charge is -2.31. The second-order valence-electron chi connectivity index (χ2n) is 7.45. The topological polar surface area (TPSA) is 55.6 Å². The molecule has 0 spiro atoms. The van der Waals surface area contributed by atoms with Gasteiger partial charge in [-0.25, -0.2) is 4.98 Å². The zero-order valence-corrected chi connectivity index (χ0v) is 17.1. The van der Waals surface area contributed by atoms with Gasteiger partial charge in [-0.15, -0.1) is 11.3 Å². The number of aromatic nitrogens is 1. The molecular weight excluding hydrogens is 384 g/mol. The fourth-order valence-electron chi connectivity index (χ4n) is 4.13. The third-order valence-corrected chi connectivity index (χ3v) is 6.75. The Kier molecular flexibility index (Phi) is 4.81. The number of ether oxygens (including phenoxy) is 1. The number of benzene rings is 2. The van der Waals surface area contributed by atoms with E-state index in [4.69, 9.17) is 14.1 Å². The van der Waals surface area contributed by atoms with E-state index >= 15 is 0 Å². The van der Waals surface area contributed by atoms with Crippen molar-refractivity contribution in [2.75, 3.05) is 20.2 Å². The summed E-state index contributed by atoms with van der Waals surface area (Å²) < 4.78 is 12.5. The minimum atomic E-state index is -0.0564. The number of nitrogens with zero attached hydrogens (tertiary/aromatic N) is 2. The van der Waals surface area contributed by atoms with Gasteiger partial charge in [0.25, 0.3) is 5.91 Å². The van der Waals surface area contributed by atoms with E-state index in [1.807, 2.05) is 47.4 Å². The first kappa shape index (κ1) is 18.3. The Morgan fingerprint density at radius 1 is 1.24 bits per heavy atom. The van der Waals surface area contributed by atoms with Crippen molar-refractivity contribution in [3.63, 3.8) is 0 Å². The smallest absolute Gasteiger partial charge is 0.290 e. The third kappa shape index (κ3) is 3.32. The van der Waals surface area contributed by atoms with Crippen molar-refractivity contribution in [3.05, 3.63) is 64.9 Å². The van der Waals surface area contributed by atoms with Crippen LogP contribution in [0, 0.1) is 0 Å². The fourth-order valence-corrected chi connectivity index (χ4v) is 5.22. The highest BCUT2D eigenvalue weighted by molar-refractivity contribution is 7.18. The molecule has 148 valence electrons. The summed E-state index contributed by atoms with van der Waals surface area (Å²) in [5.41, 5.74) is 2.59. The number of amides is 1. The molecule has 1 fully saturated rings. The van der Waals surface area contributed by atoms with Crippen molar-refractivity contribution >= 4 is 38.4 Å². The summed E-state index contributed by atoms with van der Waals surface area (Å²) in [7, 11) is 1.64. The average molecular weight is 407 g/mol. The normalized spacial score (nSPS) is 17.3. The Morgan fingerprint density at radius 3 is 2.93 bits per heavy atom. The summed E-state index contributed by atoms with van der Waals surface area (Å²) in [4.78, 5) is 20.1. The van der Waals surface area contributed by atoms with Crippen LogP contribution in [0.1, 0.15) is 39.9 Å². The molecule has 0 unspecified atom stereocenters. The number of hydrogen-bond donors (Lipinski definition) is 0. The number of para-hydroxylation sites is 2. The van der Waals surface area contributed by atoms with Gasteiger partial charge in [-0.05, 0) is 31.0 Å². The van der Waals surface area contributed by atoms with Crippen molar-refractivity contribution in [2.45, 2.75) is 25.4 Å². The van der Waals surface area contributed by atoms with E-state index in [1.54, 1.807) is 18.4 Å². The molecule has 0 saturated carbocycles. The Bertz CT molecular complexity index is 1150. The maximum atomic E-state index is 13.4. The van der Waals surface area contributed by atoms with Crippen LogP contribution in [-0.2, 0) is 11.3 Å². The molecule has 29 heavy (non-hydrogen) atoms. The van der Waals surface area contributed by atoms with Crippen molar-refractivity contribution in [3.8, 4) is 0 Å². The van der Waals surface area contributed by atoms with Gasteiger partial charge in [0.2, 0.25) is 0 Å². The van der Waals surface area contributed by atoms with Gasteiger partial charge in [-0.3, -0.25) is 4.79 Å². The highest BCUT2D eigenvalue weighted by Crippen LogP contribution is 2.34. The predicted molar refractivity (Wildman–Crippen MR) is 114 cm³/mol. The summed E-state index contributed by atoms with van der Waals surface area (Å²) in [5.74, 6) is 0.609. The summed E-state index contributed by atoms with van der Waals surface area (Å²) in [6, 6.07) is 16.0. The minimum absolute atomic E-state index is 0.0564. The molecule has 1 saturated heterocycles. The Hall–Kier alpha value is -2.70. The van der Waals surface area contributed by atoms with Crippen LogP contribution in [0.5, 0.6) is 0 Å². The molecule has 0 N–H and O–H groups in total. The predicted octanol–water partition coefficient (Wildman–Crippen LogP) is 5.21. The number of methoxy groups -OCH3 is 1. The second-order valence-corrected chi connectivity index (χ2v) is 8.51. The molecular formula is C23H22N2O3S. The quantitative estimate of drug-likeness (QED) is 0.467. The van der Waals surface area contributed by atoms with Crippen molar-refractivity contribution in [1.29, 1.82) is 0 Å². The van der Waals surface area contributed by atoms with E-state index < -0.39 is 0 Å². The van der Waals surface area contributed by atoms with Crippen molar-refractivity contribution < 1.29 is 13.9 Å². The van der Waals surface area contributed by atoms with Crippen LogP contribution in [0.4, 0.5) is 0 Å². The van der Waals surface area contributed by atoms with Crippen LogP contribution in [0.15, 0.2) is 52.9 Å². The number of thiazole rings is 1. The second kappa shape index (κ2) is 7.61. The van der Waals surface area contributed by atoms with Gasteiger partial charge >= 0.3 is 0 Å². The summed E-state index contributed by atoms with van der Waals surface area (Å²) in [6.07, 6.45) is 2.01. The first-order chi connectivity index (χ1) is 14.2. The molecule has 0 bridgehead atoms. The summed E-state index contributed by atoms with van der Waals surface area (Å²) >= 11 is 1.74. The molecule has 6 heteroatoms. The number of carbonyl (C=O) groups excluding carboxylic acids is 1. The molecule has 3 heterocycles. The van der Waals surface area contributed by atoms with Gasteiger partial charge < -0.3 is 14.1 Å². The third-order valence-electron chi connectivity index (χ3n) is 5.55. The molecule has 1 amide bonds. The number of likely N-dealkylation sites (tertiary alicyclic amines) is 1. The van der Waals surface area contributed by atoms with E-state index in [0.29, 0.717) is 18.9 Å². The molecule has 1 aliphatic heterocycles.